The van der Waals surface area contributed by atoms with Crippen LogP contribution in [0.3, 0.4) is 0 Å². The van der Waals surface area contributed by atoms with E-state index in [1.807, 2.05) is 53.3 Å². The van der Waals surface area contributed by atoms with Gasteiger partial charge in [0.25, 0.3) is 5.91 Å². The van der Waals surface area contributed by atoms with Gasteiger partial charge in [-0.2, -0.15) is 0 Å². The van der Waals surface area contributed by atoms with Crippen molar-refractivity contribution in [2.75, 3.05) is 13.6 Å². The average molecular weight is 467 g/mol. The van der Waals surface area contributed by atoms with Gasteiger partial charge in [0.15, 0.2) is 0 Å². The van der Waals surface area contributed by atoms with Gasteiger partial charge in [0.05, 0.1) is 4.91 Å². The van der Waals surface area contributed by atoms with Gasteiger partial charge in [0.1, 0.15) is 0 Å². The van der Waals surface area contributed by atoms with Crippen molar-refractivity contribution in [3.05, 3.63) is 75.1 Å². The van der Waals surface area contributed by atoms with Crippen molar-refractivity contribution in [1.82, 2.24) is 9.80 Å². The topological polar surface area (TPSA) is 40.6 Å². The zero-order valence-electron chi connectivity index (χ0n) is 18.2. The molecule has 4 nitrogen and oxygen atoms in total. The predicted octanol–water partition coefficient (Wildman–Crippen LogP) is 5.01. The molecule has 5 rings (SSSR count). The maximum absolute atomic E-state index is 13.4. The van der Waals surface area contributed by atoms with Crippen LogP contribution in [0, 0.1) is 5.92 Å². The second-order valence-electron chi connectivity index (χ2n) is 8.99. The molecule has 6 heteroatoms. The van der Waals surface area contributed by atoms with E-state index in [0.29, 0.717) is 16.8 Å². The highest BCUT2D eigenvalue weighted by Gasteiger charge is 2.43. The van der Waals surface area contributed by atoms with Crippen molar-refractivity contribution < 1.29 is 9.59 Å². The monoisotopic (exact) mass is 466 g/mol. The molecule has 2 fully saturated rings. The Kier molecular flexibility index (Phi) is 6.04. The Hall–Kier alpha value is -2.24. The molecule has 2 aliphatic heterocycles. The number of benzene rings is 2. The minimum atomic E-state index is -0.00387. The van der Waals surface area contributed by atoms with Crippen LogP contribution in [0.25, 0.3) is 6.08 Å². The van der Waals surface area contributed by atoms with Crippen molar-refractivity contribution in [3.8, 4) is 0 Å². The largest absolute Gasteiger partial charge is 0.338 e. The van der Waals surface area contributed by atoms with E-state index in [4.69, 9.17) is 11.6 Å². The molecule has 3 aliphatic rings. The number of hydrogen-bond acceptors (Lipinski definition) is 3. The Morgan fingerprint density at radius 3 is 2.75 bits per heavy atom. The summed E-state index contributed by atoms with van der Waals surface area (Å²) in [6, 6.07) is 16.1. The van der Waals surface area contributed by atoms with Gasteiger partial charge in [0, 0.05) is 42.4 Å². The number of hydrogen-bond donors (Lipinski definition) is 0. The number of thioether (sulfide) groups is 1. The van der Waals surface area contributed by atoms with Crippen LogP contribution in [-0.4, -0.2) is 46.5 Å². The van der Waals surface area contributed by atoms with Gasteiger partial charge in [-0.05, 0) is 60.6 Å². The highest BCUT2D eigenvalue weighted by atomic mass is 35.5. The lowest BCUT2D eigenvalue weighted by atomic mass is 9.83. The molecule has 1 saturated carbocycles. The molecule has 166 valence electrons. The summed E-state index contributed by atoms with van der Waals surface area (Å²) in [6.07, 6.45) is 5.44. The third-order valence-corrected chi connectivity index (χ3v) is 8.63. The summed E-state index contributed by atoms with van der Waals surface area (Å²) >= 11 is 7.78. The minimum Gasteiger partial charge on any atom is -0.338 e. The van der Waals surface area contributed by atoms with Crippen molar-refractivity contribution >= 4 is 41.3 Å². The fourth-order valence-electron chi connectivity index (χ4n) is 5.21. The van der Waals surface area contributed by atoms with E-state index >= 15 is 0 Å². The summed E-state index contributed by atoms with van der Waals surface area (Å²) in [5.41, 5.74) is 3.56. The third-order valence-electron chi connectivity index (χ3n) is 7.00. The first kappa shape index (κ1) is 21.6. The number of halogens is 1. The van der Waals surface area contributed by atoms with Crippen LogP contribution in [0.5, 0.6) is 0 Å². The lowest BCUT2D eigenvalue weighted by Crippen LogP contribution is -2.53. The van der Waals surface area contributed by atoms with Crippen molar-refractivity contribution in [1.29, 1.82) is 0 Å². The van der Waals surface area contributed by atoms with E-state index in [9.17, 15) is 9.59 Å². The smallest absolute Gasteiger partial charge is 0.260 e. The molecule has 32 heavy (non-hydrogen) atoms. The van der Waals surface area contributed by atoms with E-state index < -0.39 is 0 Å². The average Bonchev–Trinajstić information content (AvgIpc) is 2.81. The van der Waals surface area contributed by atoms with Crippen LogP contribution in [0.1, 0.15) is 36.0 Å². The van der Waals surface area contributed by atoms with Crippen molar-refractivity contribution in [3.63, 3.8) is 0 Å². The summed E-state index contributed by atoms with van der Waals surface area (Å²) in [5.74, 6) is 0.288. The number of carbonyl (C=O) groups is 2. The third kappa shape index (κ3) is 4.20. The molecule has 0 aromatic heterocycles. The molecule has 2 aromatic carbocycles. The van der Waals surface area contributed by atoms with Gasteiger partial charge < -0.3 is 9.80 Å². The van der Waals surface area contributed by atoms with E-state index in [2.05, 4.69) is 18.2 Å². The molecule has 1 aliphatic carbocycles. The Labute approximate surface area is 198 Å². The van der Waals surface area contributed by atoms with Gasteiger partial charge >= 0.3 is 0 Å². The maximum atomic E-state index is 13.4. The summed E-state index contributed by atoms with van der Waals surface area (Å²) < 4.78 is 0. The Bertz CT molecular complexity index is 1090. The van der Waals surface area contributed by atoms with Crippen LogP contribution in [-0.2, 0) is 22.6 Å². The van der Waals surface area contributed by atoms with E-state index in [1.54, 1.807) is 11.8 Å². The summed E-state index contributed by atoms with van der Waals surface area (Å²) in [6.45, 7) is 1.49. The fraction of sp³-hybridized carbons (Fsp3) is 0.385. The van der Waals surface area contributed by atoms with Crippen LogP contribution in [0.15, 0.2) is 53.4 Å². The van der Waals surface area contributed by atoms with Crippen molar-refractivity contribution in [2.45, 2.75) is 43.5 Å². The van der Waals surface area contributed by atoms with E-state index in [0.717, 1.165) is 42.7 Å². The first-order valence-electron chi connectivity index (χ1n) is 11.3. The molecule has 3 atom stereocenters. The van der Waals surface area contributed by atoms with E-state index in [1.165, 1.54) is 11.1 Å². The van der Waals surface area contributed by atoms with E-state index in [-0.39, 0.29) is 23.8 Å². The molecule has 0 spiro atoms. The number of amides is 2. The van der Waals surface area contributed by atoms with Gasteiger partial charge in [-0.15, -0.1) is 11.8 Å². The standard InChI is InChI=1S/C26H27ClN2O2S/c1-28-22-15-19(25(30)29-12-11-18-6-2-3-7-20(18)16-29)9-10-23(22)32-24(26(28)31)14-17-5-4-8-21(27)13-17/h2-8,13-14,19,22-23H,9-12,15-16H2,1H3/b24-14-. The number of rotatable bonds is 2. The normalized spacial score (nSPS) is 26.6. The van der Waals surface area contributed by atoms with Gasteiger partial charge in [-0.1, -0.05) is 48.0 Å². The number of fused-ring (bicyclic) bond motifs is 2. The molecule has 0 N–H and O–H groups in total. The quantitative estimate of drug-likeness (QED) is 0.584. The number of carbonyl (C=O) groups excluding carboxylic acids is 2. The van der Waals surface area contributed by atoms with Crippen molar-refractivity contribution in [2.24, 2.45) is 5.92 Å². The maximum Gasteiger partial charge on any atom is 0.260 e. The highest BCUT2D eigenvalue weighted by molar-refractivity contribution is 8.04. The molecule has 2 amide bonds. The summed E-state index contributed by atoms with van der Waals surface area (Å²) in [4.78, 5) is 31.1. The van der Waals surface area contributed by atoms with Gasteiger partial charge in [0.2, 0.25) is 5.91 Å². The second kappa shape index (κ2) is 8.95. The second-order valence-corrected chi connectivity index (χ2v) is 10.7. The van der Waals surface area contributed by atoms with Crippen LogP contribution in [0.4, 0.5) is 0 Å². The van der Waals surface area contributed by atoms with Crippen LogP contribution < -0.4 is 0 Å². The lowest BCUT2D eigenvalue weighted by Gasteiger charge is -2.45. The first-order valence-corrected chi connectivity index (χ1v) is 12.5. The molecular weight excluding hydrogens is 440 g/mol. The van der Waals surface area contributed by atoms with Gasteiger partial charge in [-0.3, -0.25) is 9.59 Å². The fourth-order valence-corrected chi connectivity index (χ4v) is 6.89. The Balaban J connectivity index is 1.28. The Morgan fingerprint density at radius 1 is 1.12 bits per heavy atom. The molecule has 0 radical (unpaired) electrons. The molecular formula is C26H27ClN2O2S. The molecule has 2 aromatic rings. The Morgan fingerprint density at radius 2 is 1.94 bits per heavy atom. The van der Waals surface area contributed by atoms with Gasteiger partial charge in [-0.25, -0.2) is 0 Å². The molecule has 1 saturated heterocycles. The molecule has 3 unspecified atom stereocenters. The predicted molar refractivity (Wildman–Crippen MR) is 130 cm³/mol. The summed E-state index contributed by atoms with van der Waals surface area (Å²) in [5, 5.41) is 0.993. The van der Waals surface area contributed by atoms with Crippen LogP contribution >= 0.6 is 23.4 Å². The SMILES string of the molecule is CN1C(=O)/C(=C/c2cccc(Cl)c2)SC2CCC(C(=O)N3CCc4ccccc4C3)CC21. The lowest BCUT2D eigenvalue weighted by molar-refractivity contribution is -0.139. The minimum absolute atomic E-state index is 0.00387. The summed E-state index contributed by atoms with van der Waals surface area (Å²) in [7, 11) is 1.88. The highest BCUT2D eigenvalue weighted by Crippen LogP contribution is 2.43. The zero-order valence-corrected chi connectivity index (χ0v) is 19.7. The zero-order chi connectivity index (χ0) is 22.2. The number of likely N-dealkylation sites (N-methyl/N-ethyl adjacent to an activating group) is 1. The first-order chi connectivity index (χ1) is 15.5. The molecule has 2 heterocycles. The number of nitrogens with zero attached hydrogens (tertiary/aromatic N) is 2. The van der Waals surface area contributed by atoms with Crippen LogP contribution in [0.2, 0.25) is 5.02 Å². The molecule has 0 bridgehead atoms.